The maximum atomic E-state index is 13.1. The molecule has 6 atom stereocenters. The second kappa shape index (κ2) is 47.4. The van der Waals surface area contributed by atoms with Gasteiger partial charge >= 0.3 is 23.9 Å². The van der Waals surface area contributed by atoms with Crippen LogP contribution in [-0.2, 0) is 42.9 Å². The Morgan fingerprint density at radius 1 is 0.479 bits per heavy atom. The average molecular weight is 1000 g/mol. The summed E-state index contributed by atoms with van der Waals surface area (Å²) < 4.78 is 28.3. The highest BCUT2D eigenvalue weighted by molar-refractivity contribution is 5.74. The molecular weight excluding hydrogens is 901 g/mol. The molecule has 0 amide bonds. The molecule has 12 nitrogen and oxygen atoms in total. The SMILES string of the molecule is CC/C=C\C/C=C\C/C=C\CCCCCC(=O)OC(COC(=O)CCCCCCCCC/C=C\CCCCCCCC)COC1OC(C(=O)O)C(O)C(O)C1OC(=O)CCCCCCC/C=C\CCCC. The Bertz CT molecular complexity index is 1470. The second-order valence-electron chi connectivity index (χ2n) is 19.2. The van der Waals surface area contributed by atoms with E-state index in [4.69, 9.17) is 23.7 Å². The highest BCUT2D eigenvalue weighted by Gasteiger charge is 2.50. The molecule has 6 unspecified atom stereocenters. The van der Waals surface area contributed by atoms with Crippen molar-refractivity contribution in [1.82, 2.24) is 0 Å². The summed E-state index contributed by atoms with van der Waals surface area (Å²) in [6, 6.07) is 0. The number of aliphatic hydroxyl groups excluding tert-OH is 2. The number of ether oxygens (including phenoxy) is 5. The Kier molecular flexibility index (Phi) is 43.7. The Labute approximate surface area is 430 Å². The number of allylic oxidation sites excluding steroid dienone is 10. The van der Waals surface area contributed by atoms with Gasteiger partial charge in [-0.3, -0.25) is 14.4 Å². The Hall–Kier alpha value is -3.58. The highest BCUT2D eigenvalue weighted by atomic mass is 16.7. The van der Waals surface area contributed by atoms with Gasteiger partial charge in [-0.2, -0.15) is 0 Å². The fourth-order valence-corrected chi connectivity index (χ4v) is 8.18. The molecule has 1 fully saturated rings. The van der Waals surface area contributed by atoms with E-state index in [9.17, 15) is 34.5 Å². The first-order valence-electron chi connectivity index (χ1n) is 28.3. The van der Waals surface area contributed by atoms with Gasteiger partial charge in [0.25, 0.3) is 0 Å². The molecule has 0 aromatic heterocycles. The van der Waals surface area contributed by atoms with Crippen LogP contribution in [0.15, 0.2) is 60.8 Å². The number of carboxylic acid groups (broad SMARTS) is 1. The van der Waals surface area contributed by atoms with Gasteiger partial charge in [-0.15, -0.1) is 0 Å². The van der Waals surface area contributed by atoms with E-state index in [1.54, 1.807) is 0 Å². The summed E-state index contributed by atoms with van der Waals surface area (Å²) in [6.45, 7) is 5.79. The number of carbonyl (C=O) groups is 4. The molecule has 1 rings (SSSR count). The zero-order chi connectivity index (χ0) is 51.8. The van der Waals surface area contributed by atoms with Crippen LogP contribution >= 0.6 is 0 Å². The fraction of sp³-hybridized carbons (Fsp3) is 0.763. The molecule has 1 saturated heterocycles. The molecule has 0 aromatic carbocycles. The number of rotatable bonds is 47. The van der Waals surface area contributed by atoms with Crippen molar-refractivity contribution in [2.45, 2.75) is 276 Å². The number of esters is 3. The lowest BCUT2D eigenvalue weighted by atomic mass is 9.98. The van der Waals surface area contributed by atoms with Crippen LogP contribution in [0.4, 0.5) is 0 Å². The Balaban J connectivity index is 2.71. The molecule has 0 bridgehead atoms. The lowest BCUT2D eigenvalue weighted by Gasteiger charge is -2.40. The summed E-state index contributed by atoms with van der Waals surface area (Å²) >= 11 is 0. The molecular formula is C59H100O12. The number of hydrogen-bond donors (Lipinski definition) is 3. The summed E-state index contributed by atoms with van der Waals surface area (Å²) in [4.78, 5) is 50.9. The number of hydrogen-bond acceptors (Lipinski definition) is 11. The predicted octanol–water partition coefficient (Wildman–Crippen LogP) is 14.0. The van der Waals surface area contributed by atoms with Crippen molar-refractivity contribution in [1.29, 1.82) is 0 Å². The van der Waals surface area contributed by atoms with Gasteiger partial charge in [0.05, 0.1) is 6.61 Å². The van der Waals surface area contributed by atoms with Crippen molar-refractivity contribution < 1.29 is 58.2 Å². The molecule has 0 aliphatic carbocycles. The molecule has 1 aliphatic rings. The molecule has 1 aliphatic heterocycles. The Morgan fingerprint density at radius 2 is 0.901 bits per heavy atom. The minimum Gasteiger partial charge on any atom is -0.479 e. The smallest absolute Gasteiger partial charge is 0.335 e. The summed E-state index contributed by atoms with van der Waals surface area (Å²) in [5.41, 5.74) is 0. The third-order valence-corrected chi connectivity index (χ3v) is 12.5. The van der Waals surface area contributed by atoms with Crippen LogP contribution in [0.5, 0.6) is 0 Å². The first-order chi connectivity index (χ1) is 34.6. The quantitative estimate of drug-likeness (QED) is 0.0228. The second-order valence-corrected chi connectivity index (χ2v) is 19.2. The third kappa shape index (κ3) is 37.8. The van der Waals surface area contributed by atoms with Crippen molar-refractivity contribution in [3.05, 3.63) is 60.8 Å². The monoisotopic (exact) mass is 1000 g/mol. The molecule has 0 radical (unpaired) electrons. The molecule has 0 aromatic rings. The van der Waals surface area contributed by atoms with Crippen LogP contribution in [0, 0.1) is 0 Å². The van der Waals surface area contributed by atoms with Crippen molar-refractivity contribution >= 4 is 23.9 Å². The number of aliphatic carboxylic acids is 1. The third-order valence-electron chi connectivity index (χ3n) is 12.5. The summed E-state index contributed by atoms with van der Waals surface area (Å²) in [7, 11) is 0. The van der Waals surface area contributed by atoms with E-state index >= 15 is 0 Å². The summed E-state index contributed by atoms with van der Waals surface area (Å²) in [5, 5.41) is 31.4. The van der Waals surface area contributed by atoms with Crippen molar-refractivity contribution in [3.8, 4) is 0 Å². The molecule has 408 valence electrons. The van der Waals surface area contributed by atoms with E-state index < -0.39 is 67.3 Å². The van der Waals surface area contributed by atoms with Crippen molar-refractivity contribution in [2.24, 2.45) is 0 Å². The summed E-state index contributed by atoms with van der Waals surface area (Å²) in [5.74, 6) is -3.17. The van der Waals surface area contributed by atoms with Gasteiger partial charge in [0.2, 0.25) is 0 Å². The first kappa shape index (κ1) is 65.4. The minimum atomic E-state index is -1.91. The van der Waals surface area contributed by atoms with E-state index in [0.29, 0.717) is 19.3 Å². The molecule has 1 heterocycles. The van der Waals surface area contributed by atoms with Gasteiger partial charge in [0.1, 0.15) is 18.8 Å². The fourth-order valence-electron chi connectivity index (χ4n) is 8.18. The topological polar surface area (TPSA) is 175 Å². The van der Waals surface area contributed by atoms with Gasteiger partial charge in [-0.1, -0.05) is 184 Å². The average Bonchev–Trinajstić information content (AvgIpc) is 3.35. The summed E-state index contributed by atoms with van der Waals surface area (Å²) in [6.07, 6.45) is 44.9. The number of aliphatic hydroxyl groups is 2. The van der Waals surface area contributed by atoms with E-state index in [0.717, 1.165) is 103 Å². The van der Waals surface area contributed by atoms with E-state index in [1.165, 1.54) is 77.0 Å². The normalized spacial score (nSPS) is 18.9. The molecule has 3 N–H and O–H groups in total. The molecule has 0 saturated carbocycles. The van der Waals surface area contributed by atoms with Gasteiger partial charge in [0, 0.05) is 19.3 Å². The number of unbranched alkanes of at least 4 members (excludes halogenated alkanes) is 23. The van der Waals surface area contributed by atoms with Crippen LogP contribution in [0.3, 0.4) is 0 Å². The van der Waals surface area contributed by atoms with E-state index in [1.807, 2.05) is 0 Å². The van der Waals surface area contributed by atoms with Gasteiger partial charge in [-0.25, -0.2) is 4.79 Å². The van der Waals surface area contributed by atoms with Gasteiger partial charge < -0.3 is 39.0 Å². The minimum absolute atomic E-state index is 0.0452. The van der Waals surface area contributed by atoms with Crippen LogP contribution in [0.25, 0.3) is 0 Å². The van der Waals surface area contributed by atoms with E-state index in [2.05, 4.69) is 81.5 Å². The standard InChI is InChI=1S/C59H100O12/c1-4-7-10-13-16-19-22-24-25-26-27-29-31-33-36-39-42-45-51(60)67-48-50(69-52(61)46-43-40-37-35-32-28-23-20-17-14-11-8-5-2)49-68-59-57(55(64)54(63)56(71-59)58(65)66)70-53(62)47-44-41-38-34-30-21-18-15-12-9-6-3/h8,11,15,17-18,20,24-25,28,32,50,54-57,59,63-64H,4-7,9-10,12-14,16,19,21-23,26-27,29-31,33-49H2,1-3H3,(H,65,66)/b11-8-,18-15-,20-17-,25-24-,32-28-. The largest absolute Gasteiger partial charge is 0.479 e. The first-order valence-corrected chi connectivity index (χ1v) is 28.3. The highest BCUT2D eigenvalue weighted by Crippen LogP contribution is 2.26. The lowest BCUT2D eigenvalue weighted by Crippen LogP contribution is -2.61. The zero-order valence-corrected chi connectivity index (χ0v) is 44.7. The predicted molar refractivity (Wildman–Crippen MR) is 285 cm³/mol. The zero-order valence-electron chi connectivity index (χ0n) is 44.7. The van der Waals surface area contributed by atoms with Crippen molar-refractivity contribution in [3.63, 3.8) is 0 Å². The van der Waals surface area contributed by atoms with Crippen LogP contribution in [0.1, 0.15) is 239 Å². The van der Waals surface area contributed by atoms with Crippen LogP contribution in [0.2, 0.25) is 0 Å². The Morgan fingerprint density at radius 3 is 1.42 bits per heavy atom. The maximum Gasteiger partial charge on any atom is 0.335 e. The number of carbonyl (C=O) groups excluding carboxylic acids is 3. The molecule has 0 spiro atoms. The lowest BCUT2D eigenvalue weighted by molar-refractivity contribution is -0.301. The van der Waals surface area contributed by atoms with Crippen LogP contribution < -0.4 is 0 Å². The van der Waals surface area contributed by atoms with Crippen molar-refractivity contribution in [2.75, 3.05) is 13.2 Å². The molecule has 12 heteroatoms. The maximum absolute atomic E-state index is 13.1. The van der Waals surface area contributed by atoms with Gasteiger partial charge in [0.15, 0.2) is 24.6 Å². The number of carboxylic acids is 1. The molecule has 71 heavy (non-hydrogen) atoms. The van der Waals surface area contributed by atoms with Gasteiger partial charge in [-0.05, 0) is 96.3 Å². The van der Waals surface area contributed by atoms with Crippen LogP contribution in [-0.4, -0.2) is 89.2 Å². The van der Waals surface area contributed by atoms with E-state index in [-0.39, 0.29) is 25.9 Å².